The molecular weight excluding hydrogens is 415 g/mol. The summed E-state index contributed by atoms with van der Waals surface area (Å²) in [5.41, 5.74) is 12.6. The molecule has 3 aliphatic rings. The first-order valence-corrected chi connectivity index (χ1v) is 15.9. The molecule has 2 atom stereocenters. The van der Waals surface area contributed by atoms with Crippen molar-refractivity contribution in [3.63, 3.8) is 0 Å². The number of hydrogen-bond acceptors (Lipinski definition) is 0. The summed E-state index contributed by atoms with van der Waals surface area (Å²) in [5, 5.41) is 0. The molecule has 5 rings (SSSR count). The zero-order chi connectivity index (χ0) is 17.3. The average molecular weight is 442 g/mol. The standard InChI is InChI=1S/2C11H11.C2H4.ClH.Zr/c2*1-8-6-10-5-3-4-9(2)11(10)7-8;1-2;;/h2*3-7H,1-2H3;1-2H2;1H;. The zero-order valence-electron chi connectivity index (χ0n) is 16.1. The summed E-state index contributed by atoms with van der Waals surface area (Å²) < 4.78 is 4.70. The van der Waals surface area contributed by atoms with Crippen molar-refractivity contribution in [2.45, 2.75) is 43.2 Å². The van der Waals surface area contributed by atoms with Gasteiger partial charge in [-0.25, -0.2) is 0 Å². The van der Waals surface area contributed by atoms with Crippen molar-refractivity contribution in [3.8, 4) is 0 Å². The van der Waals surface area contributed by atoms with Crippen LogP contribution in [0, 0.1) is 13.8 Å². The Labute approximate surface area is 168 Å². The third kappa shape index (κ3) is 2.43. The molecule has 1 fully saturated rings. The predicted molar refractivity (Wildman–Crippen MR) is 112 cm³/mol. The van der Waals surface area contributed by atoms with Crippen molar-refractivity contribution in [1.29, 1.82) is 0 Å². The monoisotopic (exact) mass is 440 g/mol. The van der Waals surface area contributed by atoms with Crippen LogP contribution in [0.25, 0.3) is 12.2 Å². The zero-order valence-corrected chi connectivity index (χ0v) is 19.4. The van der Waals surface area contributed by atoms with E-state index >= 15 is 0 Å². The summed E-state index contributed by atoms with van der Waals surface area (Å²) in [5.74, 6) is 0. The Bertz CT molecular complexity index is 887. The number of fused-ring (bicyclic) bond motifs is 2. The second kappa shape index (κ2) is 6.32. The first-order valence-electron chi connectivity index (χ1n) is 9.58. The van der Waals surface area contributed by atoms with Gasteiger partial charge in [0.15, 0.2) is 0 Å². The molecule has 2 heteroatoms. The van der Waals surface area contributed by atoms with Gasteiger partial charge in [0.2, 0.25) is 0 Å². The van der Waals surface area contributed by atoms with Crippen LogP contribution in [0.1, 0.15) is 54.5 Å². The molecule has 0 radical (unpaired) electrons. The third-order valence-electron chi connectivity index (χ3n) is 6.97. The summed E-state index contributed by atoms with van der Waals surface area (Å²) in [6.45, 7) is 9.37. The first-order chi connectivity index (χ1) is 12.0. The molecule has 1 aliphatic heterocycles. The minimum Gasteiger partial charge on any atom is -0.147 e. The Balaban J connectivity index is 0.00000168. The van der Waals surface area contributed by atoms with Crippen LogP contribution < -0.4 is 0 Å². The Hall–Kier alpha value is -0.907. The molecule has 2 aliphatic carbocycles. The van der Waals surface area contributed by atoms with E-state index in [2.05, 4.69) is 76.2 Å². The van der Waals surface area contributed by atoms with E-state index in [0.717, 1.165) is 7.25 Å². The van der Waals surface area contributed by atoms with E-state index in [1.165, 1.54) is 22.3 Å². The molecule has 134 valence electrons. The maximum atomic E-state index is 2.51. The Morgan fingerprint density at radius 2 is 1.12 bits per heavy atom. The molecule has 26 heavy (non-hydrogen) atoms. The number of benzene rings is 2. The maximum absolute atomic E-state index is 2.51. The fraction of sp³-hybridized carbons (Fsp3) is 0.333. The van der Waals surface area contributed by atoms with Crippen molar-refractivity contribution in [2.75, 3.05) is 0 Å². The second-order valence-corrected chi connectivity index (χ2v) is 19.9. The molecule has 0 saturated carbocycles. The van der Waals surface area contributed by atoms with Gasteiger partial charge in [0.05, 0.1) is 0 Å². The van der Waals surface area contributed by atoms with Crippen LogP contribution in [0.3, 0.4) is 0 Å². The van der Waals surface area contributed by atoms with Crippen molar-refractivity contribution in [2.24, 2.45) is 0 Å². The molecule has 0 amide bonds. The van der Waals surface area contributed by atoms with Gasteiger partial charge in [0, 0.05) is 0 Å². The average Bonchev–Trinajstić information content (AvgIpc) is 3.15. The van der Waals surface area contributed by atoms with Gasteiger partial charge in [-0.2, -0.15) is 0 Å². The van der Waals surface area contributed by atoms with E-state index in [4.69, 9.17) is 0 Å². The molecule has 0 nitrogen and oxygen atoms in total. The SMILES string of the molecule is CC1=Cc2c(C)cccc2[CH]1[Zr]1([CH]2C(C)=Cc3c(C)cccc32)[CH2][CH2]1.Cl. The number of hydrogen-bond donors (Lipinski definition) is 0. The van der Waals surface area contributed by atoms with Gasteiger partial charge in [-0.1, -0.05) is 0 Å². The number of rotatable bonds is 2. The summed E-state index contributed by atoms with van der Waals surface area (Å²) in [6, 6.07) is 14.0. The van der Waals surface area contributed by atoms with Gasteiger partial charge < -0.3 is 0 Å². The molecular formula is C24H27ClZr. The van der Waals surface area contributed by atoms with Crippen LogP contribution >= 0.6 is 12.4 Å². The Morgan fingerprint density at radius 1 is 0.692 bits per heavy atom. The van der Waals surface area contributed by atoms with E-state index in [-0.39, 0.29) is 12.4 Å². The van der Waals surface area contributed by atoms with Crippen LogP contribution in [0.15, 0.2) is 47.5 Å². The van der Waals surface area contributed by atoms with Crippen molar-refractivity contribution < 1.29 is 20.3 Å². The van der Waals surface area contributed by atoms with Crippen molar-refractivity contribution in [3.05, 3.63) is 80.9 Å². The van der Waals surface area contributed by atoms with Crippen LogP contribution in [0.5, 0.6) is 0 Å². The minimum atomic E-state index is -2.31. The van der Waals surface area contributed by atoms with E-state index in [9.17, 15) is 0 Å². The molecule has 2 aromatic rings. The van der Waals surface area contributed by atoms with Crippen molar-refractivity contribution in [1.82, 2.24) is 0 Å². The summed E-state index contributed by atoms with van der Waals surface area (Å²) in [4.78, 5) is 0. The first kappa shape index (κ1) is 18.5. The molecule has 2 aromatic carbocycles. The van der Waals surface area contributed by atoms with Gasteiger partial charge in [-0.05, 0) is 0 Å². The number of halogens is 1. The molecule has 0 spiro atoms. The van der Waals surface area contributed by atoms with Gasteiger partial charge in [0.1, 0.15) is 0 Å². The minimum absolute atomic E-state index is 0. The van der Waals surface area contributed by atoms with Gasteiger partial charge >= 0.3 is 157 Å². The van der Waals surface area contributed by atoms with E-state index < -0.39 is 20.3 Å². The third-order valence-corrected chi connectivity index (χ3v) is 20.5. The molecule has 0 aromatic heterocycles. The van der Waals surface area contributed by atoms with Crippen LogP contribution in [-0.4, -0.2) is 0 Å². The van der Waals surface area contributed by atoms with Crippen LogP contribution in [0.4, 0.5) is 0 Å². The summed E-state index contributed by atoms with van der Waals surface area (Å²) in [6.07, 6.45) is 5.02. The maximum Gasteiger partial charge on any atom is -0.147 e. The van der Waals surface area contributed by atoms with Gasteiger partial charge in [-0.3, -0.25) is 0 Å². The fourth-order valence-electron chi connectivity index (χ4n) is 5.83. The van der Waals surface area contributed by atoms with Crippen molar-refractivity contribution >= 4 is 24.6 Å². The largest absolute Gasteiger partial charge is 0.147 e. The van der Waals surface area contributed by atoms with Gasteiger partial charge in [0.25, 0.3) is 0 Å². The molecule has 0 bridgehead atoms. The quantitative estimate of drug-likeness (QED) is 0.457. The summed E-state index contributed by atoms with van der Waals surface area (Å²) >= 11 is -2.31. The topological polar surface area (TPSA) is 0 Å². The smallest absolute Gasteiger partial charge is 0.147 e. The van der Waals surface area contributed by atoms with Crippen LogP contribution in [0.2, 0.25) is 8.26 Å². The summed E-state index contributed by atoms with van der Waals surface area (Å²) in [7, 11) is 0. The molecule has 0 N–H and O–H groups in total. The Morgan fingerprint density at radius 3 is 1.50 bits per heavy atom. The van der Waals surface area contributed by atoms with Gasteiger partial charge in [-0.15, -0.1) is 12.4 Å². The number of aryl methyl sites for hydroxylation is 2. The number of allylic oxidation sites excluding steroid dienone is 2. The fourth-order valence-corrected chi connectivity index (χ4v) is 23.5. The second-order valence-electron chi connectivity index (χ2n) is 8.53. The van der Waals surface area contributed by atoms with E-state index in [1.54, 1.807) is 30.5 Å². The molecule has 2 unspecified atom stereocenters. The predicted octanol–water partition coefficient (Wildman–Crippen LogP) is 7.35. The Kier molecular flexibility index (Phi) is 4.49. The normalized spacial score (nSPS) is 24.3. The molecule has 1 heterocycles. The van der Waals surface area contributed by atoms with Crippen LogP contribution in [-0.2, 0) is 20.3 Å². The molecule has 1 saturated heterocycles. The van der Waals surface area contributed by atoms with E-state index in [1.807, 2.05) is 0 Å². The van der Waals surface area contributed by atoms with E-state index in [0.29, 0.717) is 0 Å².